The quantitative estimate of drug-likeness (QED) is 0.733. The Morgan fingerprint density at radius 1 is 1.47 bits per heavy atom. The van der Waals surface area contributed by atoms with E-state index in [2.05, 4.69) is 28.1 Å². The van der Waals surface area contributed by atoms with Crippen molar-refractivity contribution in [3.63, 3.8) is 0 Å². The Morgan fingerprint density at radius 2 is 2.37 bits per heavy atom. The second kappa shape index (κ2) is 4.78. The third-order valence-corrected chi connectivity index (χ3v) is 3.72. The molecule has 3 rings (SSSR count). The van der Waals surface area contributed by atoms with Gasteiger partial charge in [0.1, 0.15) is 16.8 Å². The molecule has 6 heteroatoms. The number of rotatable bonds is 3. The van der Waals surface area contributed by atoms with Crippen molar-refractivity contribution in [1.82, 2.24) is 19.6 Å². The predicted octanol–water partition coefficient (Wildman–Crippen LogP) is 2.68. The van der Waals surface area contributed by atoms with E-state index in [0.29, 0.717) is 11.4 Å². The third kappa shape index (κ3) is 1.98. The van der Waals surface area contributed by atoms with E-state index in [1.54, 1.807) is 16.9 Å². The van der Waals surface area contributed by atoms with Gasteiger partial charge in [0.05, 0.1) is 0 Å². The molecule has 0 spiro atoms. The van der Waals surface area contributed by atoms with E-state index in [-0.39, 0.29) is 0 Å². The number of imidazole rings is 1. The van der Waals surface area contributed by atoms with Crippen LogP contribution in [0.3, 0.4) is 0 Å². The monoisotopic (exact) mass is 269 g/mol. The molecule has 0 bridgehead atoms. The van der Waals surface area contributed by atoms with Crippen LogP contribution in [0.15, 0.2) is 24.5 Å². The summed E-state index contributed by atoms with van der Waals surface area (Å²) in [6, 6.07) is 5.92. The van der Waals surface area contributed by atoms with Gasteiger partial charge in [-0.15, -0.1) is 0 Å². The van der Waals surface area contributed by atoms with Crippen molar-refractivity contribution < 1.29 is 0 Å². The Kier molecular flexibility index (Phi) is 2.97. The van der Waals surface area contributed by atoms with E-state index >= 15 is 0 Å². The van der Waals surface area contributed by atoms with Crippen LogP contribution in [-0.4, -0.2) is 19.6 Å². The number of nitrogens with zero attached hydrogens (tertiary/aromatic N) is 5. The van der Waals surface area contributed by atoms with Gasteiger partial charge < -0.3 is 0 Å². The van der Waals surface area contributed by atoms with Gasteiger partial charge in [-0.3, -0.25) is 4.98 Å². The SMILES string of the molecule is CCCc1nn2c(C#N)c(-c3cccnc3)nc2s1. The molecule has 0 radical (unpaired) electrons. The fraction of sp³-hybridized carbons (Fsp3) is 0.231. The highest BCUT2D eigenvalue weighted by Gasteiger charge is 2.17. The molecule has 0 saturated heterocycles. The van der Waals surface area contributed by atoms with Gasteiger partial charge in [-0.1, -0.05) is 18.3 Å². The van der Waals surface area contributed by atoms with Crippen molar-refractivity contribution in [2.75, 3.05) is 0 Å². The lowest BCUT2D eigenvalue weighted by Gasteiger charge is -1.95. The number of hydrogen-bond acceptors (Lipinski definition) is 5. The molecule has 0 saturated carbocycles. The predicted molar refractivity (Wildman–Crippen MR) is 72.8 cm³/mol. The summed E-state index contributed by atoms with van der Waals surface area (Å²) in [6.45, 7) is 2.11. The van der Waals surface area contributed by atoms with E-state index < -0.39 is 0 Å². The minimum Gasteiger partial charge on any atom is -0.264 e. The minimum absolute atomic E-state index is 0.474. The first-order valence-electron chi connectivity index (χ1n) is 6.02. The van der Waals surface area contributed by atoms with Gasteiger partial charge in [0.25, 0.3) is 0 Å². The third-order valence-electron chi connectivity index (χ3n) is 2.75. The summed E-state index contributed by atoms with van der Waals surface area (Å²) >= 11 is 1.54. The van der Waals surface area contributed by atoms with Crippen molar-refractivity contribution in [1.29, 1.82) is 5.26 Å². The molecule has 0 aliphatic heterocycles. The van der Waals surface area contributed by atoms with Gasteiger partial charge in [-0.05, 0) is 18.6 Å². The smallest absolute Gasteiger partial charge is 0.214 e. The van der Waals surface area contributed by atoms with Crippen molar-refractivity contribution in [3.05, 3.63) is 35.2 Å². The number of aryl methyl sites for hydroxylation is 1. The van der Waals surface area contributed by atoms with Crippen LogP contribution >= 0.6 is 11.3 Å². The molecule has 19 heavy (non-hydrogen) atoms. The number of hydrogen-bond donors (Lipinski definition) is 0. The fourth-order valence-electron chi connectivity index (χ4n) is 1.91. The van der Waals surface area contributed by atoms with Gasteiger partial charge in [0.15, 0.2) is 5.69 Å². The van der Waals surface area contributed by atoms with Crippen molar-refractivity contribution in [3.8, 4) is 17.3 Å². The zero-order valence-electron chi connectivity index (χ0n) is 10.4. The largest absolute Gasteiger partial charge is 0.264 e. The maximum Gasteiger partial charge on any atom is 0.214 e. The summed E-state index contributed by atoms with van der Waals surface area (Å²) in [4.78, 5) is 9.34. The van der Waals surface area contributed by atoms with E-state index in [1.807, 2.05) is 12.1 Å². The molecule has 0 amide bonds. The van der Waals surface area contributed by atoms with Crippen LogP contribution in [0.4, 0.5) is 0 Å². The van der Waals surface area contributed by atoms with Crippen LogP contribution in [0.1, 0.15) is 24.0 Å². The Bertz CT molecular complexity index is 751. The molecular weight excluding hydrogens is 258 g/mol. The maximum absolute atomic E-state index is 9.34. The molecule has 94 valence electrons. The molecular formula is C13H11N5S. The van der Waals surface area contributed by atoms with Gasteiger partial charge in [-0.2, -0.15) is 14.9 Å². The van der Waals surface area contributed by atoms with Gasteiger partial charge >= 0.3 is 0 Å². The lowest BCUT2D eigenvalue weighted by molar-refractivity contribution is 0.843. The summed E-state index contributed by atoms with van der Waals surface area (Å²) < 4.78 is 1.64. The first-order valence-corrected chi connectivity index (χ1v) is 6.84. The van der Waals surface area contributed by atoms with Gasteiger partial charge in [0.2, 0.25) is 4.96 Å². The second-order valence-corrected chi connectivity index (χ2v) is 5.14. The topological polar surface area (TPSA) is 66.9 Å². The van der Waals surface area contributed by atoms with E-state index in [9.17, 15) is 5.26 Å². The molecule has 0 atom stereocenters. The Labute approximate surface area is 114 Å². The molecule has 0 aromatic carbocycles. The standard InChI is InChI=1S/C13H11N5S/c1-2-4-11-17-18-10(7-14)12(16-13(18)19-11)9-5-3-6-15-8-9/h3,5-6,8H,2,4H2,1H3. The van der Waals surface area contributed by atoms with Crippen LogP contribution in [0.5, 0.6) is 0 Å². The molecule has 3 aromatic heterocycles. The minimum atomic E-state index is 0.474. The van der Waals surface area contributed by atoms with E-state index in [0.717, 1.165) is 28.4 Å². The lowest BCUT2D eigenvalue weighted by atomic mass is 10.2. The Morgan fingerprint density at radius 3 is 3.05 bits per heavy atom. The zero-order chi connectivity index (χ0) is 13.2. The number of nitriles is 1. The van der Waals surface area contributed by atoms with Gasteiger partial charge in [0, 0.05) is 24.4 Å². The molecule has 0 aliphatic rings. The van der Waals surface area contributed by atoms with Crippen LogP contribution in [0.25, 0.3) is 16.2 Å². The van der Waals surface area contributed by atoms with Crippen LogP contribution in [0.2, 0.25) is 0 Å². The second-order valence-electron chi connectivity index (χ2n) is 4.10. The highest BCUT2D eigenvalue weighted by atomic mass is 32.1. The number of pyridine rings is 1. The van der Waals surface area contributed by atoms with Crippen molar-refractivity contribution in [2.45, 2.75) is 19.8 Å². The summed E-state index contributed by atoms with van der Waals surface area (Å²) in [6.07, 6.45) is 5.36. The molecule has 0 unspecified atom stereocenters. The summed E-state index contributed by atoms with van der Waals surface area (Å²) in [5.74, 6) is 0. The van der Waals surface area contributed by atoms with Crippen molar-refractivity contribution >= 4 is 16.3 Å². The van der Waals surface area contributed by atoms with Crippen LogP contribution < -0.4 is 0 Å². The zero-order valence-corrected chi connectivity index (χ0v) is 11.2. The molecule has 0 aliphatic carbocycles. The highest BCUT2D eigenvalue weighted by molar-refractivity contribution is 7.16. The average Bonchev–Trinajstić information content (AvgIpc) is 2.96. The molecule has 3 heterocycles. The molecule has 0 fully saturated rings. The average molecular weight is 269 g/mol. The lowest BCUT2D eigenvalue weighted by Crippen LogP contribution is -1.92. The normalized spacial score (nSPS) is 10.7. The first-order chi connectivity index (χ1) is 9.33. The maximum atomic E-state index is 9.34. The highest BCUT2D eigenvalue weighted by Crippen LogP contribution is 2.26. The Balaban J connectivity index is 2.17. The summed E-state index contributed by atoms with van der Waals surface area (Å²) in [5.41, 5.74) is 1.97. The fourth-order valence-corrected chi connectivity index (χ4v) is 2.90. The molecule has 5 nitrogen and oxygen atoms in total. The first kappa shape index (κ1) is 11.8. The van der Waals surface area contributed by atoms with E-state index in [1.165, 1.54) is 11.3 Å². The summed E-state index contributed by atoms with van der Waals surface area (Å²) in [5, 5.41) is 14.8. The van der Waals surface area contributed by atoms with Crippen molar-refractivity contribution in [2.24, 2.45) is 0 Å². The van der Waals surface area contributed by atoms with E-state index in [4.69, 9.17) is 0 Å². The summed E-state index contributed by atoms with van der Waals surface area (Å²) in [7, 11) is 0. The van der Waals surface area contributed by atoms with Gasteiger partial charge in [-0.25, -0.2) is 4.98 Å². The van der Waals surface area contributed by atoms with Crippen LogP contribution in [0, 0.1) is 11.3 Å². The Hall–Kier alpha value is -2.26. The molecule has 0 N–H and O–H groups in total. The number of fused-ring (bicyclic) bond motifs is 1. The molecule has 3 aromatic rings. The number of aromatic nitrogens is 4. The van der Waals surface area contributed by atoms with Crippen LogP contribution in [-0.2, 0) is 6.42 Å².